The Morgan fingerprint density at radius 2 is 1.95 bits per heavy atom. The molecule has 1 aliphatic heterocycles. The number of hydrogen-bond donors (Lipinski definition) is 1. The number of likely N-dealkylation sites (tertiary alicyclic amines) is 1. The van der Waals surface area contributed by atoms with Crippen LogP contribution in [0.3, 0.4) is 0 Å². The van der Waals surface area contributed by atoms with Gasteiger partial charge in [-0.1, -0.05) is 0 Å². The number of rotatable bonds is 4. The molecule has 0 bridgehead atoms. The van der Waals surface area contributed by atoms with E-state index in [0.717, 1.165) is 30.8 Å². The molecule has 0 saturated carbocycles. The van der Waals surface area contributed by atoms with Crippen molar-refractivity contribution in [1.82, 2.24) is 24.8 Å². The summed E-state index contributed by atoms with van der Waals surface area (Å²) in [5.74, 6) is 0.205. The van der Waals surface area contributed by atoms with E-state index < -0.39 is 0 Å². The molecule has 104 valence electrons. The lowest BCUT2D eigenvalue weighted by molar-refractivity contribution is 0.140. The van der Waals surface area contributed by atoms with E-state index in [1.165, 1.54) is 6.33 Å². The second-order valence-corrected chi connectivity index (χ2v) is 5.17. The first-order valence-electron chi connectivity index (χ1n) is 6.70. The molecule has 0 unspecified atom stereocenters. The number of aliphatic hydroxyl groups is 1. The van der Waals surface area contributed by atoms with E-state index in [2.05, 4.69) is 24.8 Å². The van der Waals surface area contributed by atoms with Crippen molar-refractivity contribution in [2.24, 2.45) is 5.92 Å². The van der Waals surface area contributed by atoms with Crippen molar-refractivity contribution < 1.29 is 5.11 Å². The van der Waals surface area contributed by atoms with Crippen molar-refractivity contribution in [3.8, 4) is 0 Å². The van der Waals surface area contributed by atoms with Gasteiger partial charge in [-0.25, -0.2) is 9.97 Å². The molecule has 6 nitrogen and oxygen atoms in total. The fraction of sp³-hybridized carbons (Fsp3) is 0.429. The fourth-order valence-electron chi connectivity index (χ4n) is 2.64. The molecule has 3 heterocycles. The third-order valence-corrected chi connectivity index (χ3v) is 3.59. The van der Waals surface area contributed by atoms with Gasteiger partial charge in [-0.3, -0.25) is 14.9 Å². The van der Waals surface area contributed by atoms with Gasteiger partial charge in [-0.15, -0.1) is 0 Å². The molecule has 6 heteroatoms. The Bertz CT molecular complexity index is 536. The molecular weight excluding hydrogens is 254 g/mol. The minimum absolute atomic E-state index is 0.205. The van der Waals surface area contributed by atoms with Crippen molar-refractivity contribution in [3.05, 3.63) is 48.6 Å². The summed E-state index contributed by atoms with van der Waals surface area (Å²) in [6.45, 7) is 2.31. The van der Waals surface area contributed by atoms with E-state index in [1.54, 1.807) is 18.6 Å². The van der Waals surface area contributed by atoms with Crippen LogP contribution in [0, 0.1) is 5.92 Å². The maximum Gasteiger partial charge on any atom is 0.115 e. The van der Waals surface area contributed by atoms with E-state index in [4.69, 9.17) is 0 Å². The summed E-state index contributed by atoms with van der Waals surface area (Å²) in [6.07, 6.45) is 10.7. The van der Waals surface area contributed by atoms with Crippen LogP contribution in [0.1, 0.15) is 11.3 Å². The lowest BCUT2D eigenvalue weighted by Crippen LogP contribution is -2.21. The predicted octanol–water partition coefficient (Wildman–Crippen LogP) is 0.302. The normalized spacial score (nSPS) is 23.1. The molecule has 0 amide bonds. The molecule has 1 fully saturated rings. The van der Waals surface area contributed by atoms with Gasteiger partial charge < -0.3 is 5.11 Å². The molecule has 1 saturated heterocycles. The number of aromatic nitrogens is 4. The quantitative estimate of drug-likeness (QED) is 0.862. The third-order valence-electron chi connectivity index (χ3n) is 3.59. The Labute approximate surface area is 117 Å². The summed E-state index contributed by atoms with van der Waals surface area (Å²) in [7, 11) is 0. The molecule has 1 aliphatic rings. The summed E-state index contributed by atoms with van der Waals surface area (Å²) in [5, 5.41) is 10.2. The molecule has 3 rings (SSSR count). The van der Waals surface area contributed by atoms with Gasteiger partial charge in [-0.2, -0.15) is 0 Å². The van der Waals surface area contributed by atoms with Crippen LogP contribution in [0.2, 0.25) is 0 Å². The lowest BCUT2D eigenvalue weighted by Gasteiger charge is -2.14. The number of nitrogens with zero attached hydrogens (tertiary/aromatic N) is 5. The molecule has 0 spiro atoms. The second kappa shape index (κ2) is 6.02. The Morgan fingerprint density at radius 1 is 1.10 bits per heavy atom. The van der Waals surface area contributed by atoms with E-state index in [1.807, 2.05) is 12.4 Å². The first kappa shape index (κ1) is 13.1. The second-order valence-electron chi connectivity index (χ2n) is 5.17. The SMILES string of the molecule is O[C@@H]1CN(Cc2cncnc2)C[C@H]1Cc1cnccn1. The van der Waals surface area contributed by atoms with Crippen LogP contribution in [-0.2, 0) is 13.0 Å². The number of aliphatic hydroxyl groups excluding tert-OH is 1. The average molecular weight is 271 g/mol. The first-order valence-corrected chi connectivity index (χ1v) is 6.70. The highest BCUT2D eigenvalue weighted by Gasteiger charge is 2.31. The van der Waals surface area contributed by atoms with Gasteiger partial charge in [-0.05, 0) is 6.42 Å². The van der Waals surface area contributed by atoms with Crippen LogP contribution in [0.5, 0.6) is 0 Å². The van der Waals surface area contributed by atoms with E-state index in [9.17, 15) is 5.11 Å². The molecular formula is C14H17N5O. The van der Waals surface area contributed by atoms with E-state index in [0.29, 0.717) is 6.54 Å². The lowest BCUT2D eigenvalue weighted by atomic mass is 10.0. The Hall–Kier alpha value is -1.92. The van der Waals surface area contributed by atoms with Gasteiger partial charge in [0.15, 0.2) is 0 Å². The zero-order valence-electron chi connectivity index (χ0n) is 11.1. The Balaban J connectivity index is 1.59. The maximum atomic E-state index is 10.2. The van der Waals surface area contributed by atoms with E-state index >= 15 is 0 Å². The van der Waals surface area contributed by atoms with Crippen LogP contribution in [0.15, 0.2) is 37.3 Å². The zero-order valence-corrected chi connectivity index (χ0v) is 11.1. The monoisotopic (exact) mass is 271 g/mol. The van der Waals surface area contributed by atoms with Gasteiger partial charge in [0.05, 0.1) is 11.8 Å². The Morgan fingerprint density at radius 3 is 2.70 bits per heavy atom. The fourth-order valence-corrected chi connectivity index (χ4v) is 2.64. The minimum atomic E-state index is -0.318. The largest absolute Gasteiger partial charge is 0.391 e. The molecule has 20 heavy (non-hydrogen) atoms. The molecule has 0 aromatic carbocycles. The standard InChI is InChI=1S/C14H17N5O/c20-14-9-19(7-11-4-16-10-17-5-11)8-12(14)3-13-6-15-1-2-18-13/h1-2,4-6,10,12,14,20H,3,7-9H2/t12-,14-/m1/s1. The smallest absolute Gasteiger partial charge is 0.115 e. The minimum Gasteiger partial charge on any atom is -0.391 e. The maximum absolute atomic E-state index is 10.2. The summed E-state index contributed by atoms with van der Waals surface area (Å²) < 4.78 is 0. The van der Waals surface area contributed by atoms with Gasteiger partial charge in [0.1, 0.15) is 6.33 Å². The first-order chi connectivity index (χ1) is 9.81. The van der Waals surface area contributed by atoms with Crippen LogP contribution >= 0.6 is 0 Å². The zero-order chi connectivity index (χ0) is 13.8. The third kappa shape index (κ3) is 3.15. The molecule has 2 atom stereocenters. The Kier molecular flexibility index (Phi) is 3.94. The highest BCUT2D eigenvalue weighted by atomic mass is 16.3. The van der Waals surface area contributed by atoms with Crippen molar-refractivity contribution in [3.63, 3.8) is 0 Å². The van der Waals surface area contributed by atoms with Crippen molar-refractivity contribution in [2.75, 3.05) is 13.1 Å². The molecule has 1 N–H and O–H groups in total. The molecule has 0 aliphatic carbocycles. The summed E-state index contributed by atoms with van der Waals surface area (Å²) in [5.41, 5.74) is 2.00. The number of β-amino-alcohol motifs (C(OH)–C–C–N with tert-alkyl or cyclic N) is 1. The summed E-state index contributed by atoms with van der Waals surface area (Å²) >= 11 is 0. The summed E-state index contributed by atoms with van der Waals surface area (Å²) in [6, 6.07) is 0. The van der Waals surface area contributed by atoms with Crippen molar-refractivity contribution >= 4 is 0 Å². The van der Waals surface area contributed by atoms with Crippen LogP contribution in [0.25, 0.3) is 0 Å². The molecule has 2 aromatic heterocycles. The highest BCUT2D eigenvalue weighted by molar-refractivity contribution is 5.04. The van der Waals surface area contributed by atoms with Gasteiger partial charge in [0.25, 0.3) is 0 Å². The molecule has 0 radical (unpaired) electrons. The van der Waals surface area contributed by atoms with Crippen molar-refractivity contribution in [1.29, 1.82) is 0 Å². The van der Waals surface area contributed by atoms with Crippen LogP contribution < -0.4 is 0 Å². The van der Waals surface area contributed by atoms with Crippen molar-refractivity contribution in [2.45, 2.75) is 19.1 Å². The highest BCUT2D eigenvalue weighted by Crippen LogP contribution is 2.21. The molecule has 2 aromatic rings. The average Bonchev–Trinajstić information content (AvgIpc) is 2.81. The van der Waals surface area contributed by atoms with Crippen LogP contribution in [0.4, 0.5) is 0 Å². The van der Waals surface area contributed by atoms with Gasteiger partial charge in [0.2, 0.25) is 0 Å². The van der Waals surface area contributed by atoms with Crippen LogP contribution in [-0.4, -0.2) is 49.1 Å². The van der Waals surface area contributed by atoms with Gasteiger partial charge in [0, 0.05) is 62.1 Å². The van der Waals surface area contributed by atoms with E-state index in [-0.39, 0.29) is 12.0 Å². The number of hydrogen-bond acceptors (Lipinski definition) is 6. The summed E-state index contributed by atoms with van der Waals surface area (Å²) in [4.78, 5) is 18.6. The van der Waals surface area contributed by atoms with Gasteiger partial charge >= 0.3 is 0 Å². The topological polar surface area (TPSA) is 75.0 Å². The predicted molar refractivity (Wildman–Crippen MR) is 72.5 cm³/mol.